The van der Waals surface area contributed by atoms with Gasteiger partial charge >= 0.3 is 0 Å². The number of carbonyl (C=O) groups is 1. The fourth-order valence-corrected chi connectivity index (χ4v) is 3.89. The molecule has 0 radical (unpaired) electrons. The molecule has 0 N–H and O–H groups in total. The van der Waals surface area contributed by atoms with Crippen LogP contribution in [-0.4, -0.2) is 23.9 Å². The zero-order valence-corrected chi connectivity index (χ0v) is 10.3. The zero-order valence-electron chi connectivity index (χ0n) is 9.50. The number of fused-ring (bicyclic) bond motifs is 1. The van der Waals surface area contributed by atoms with E-state index in [4.69, 9.17) is 0 Å². The van der Waals surface area contributed by atoms with Crippen molar-refractivity contribution in [1.29, 1.82) is 0 Å². The van der Waals surface area contributed by atoms with Gasteiger partial charge in [0.2, 0.25) is 0 Å². The highest BCUT2D eigenvalue weighted by Crippen LogP contribution is 2.31. The van der Waals surface area contributed by atoms with Crippen LogP contribution in [0.5, 0.6) is 0 Å². The summed E-state index contributed by atoms with van der Waals surface area (Å²) in [4.78, 5) is 15.4. The molecule has 16 heavy (non-hydrogen) atoms. The molecule has 0 spiro atoms. The van der Waals surface area contributed by atoms with Gasteiger partial charge in [0.05, 0.1) is 4.88 Å². The molecule has 1 saturated heterocycles. The first-order chi connectivity index (χ1) is 7.86. The topological polar surface area (TPSA) is 20.3 Å². The van der Waals surface area contributed by atoms with Gasteiger partial charge in [0.25, 0.3) is 5.91 Å². The Morgan fingerprint density at radius 3 is 2.69 bits per heavy atom. The summed E-state index contributed by atoms with van der Waals surface area (Å²) in [7, 11) is 0. The van der Waals surface area contributed by atoms with Gasteiger partial charge in [0.1, 0.15) is 0 Å². The van der Waals surface area contributed by atoms with Crippen LogP contribution >= 0.6 is 11.3 Å². The van der Waals surface area contributed by atoms with E-state index in [0.29, 0.717) is 5.91 Å². The number of nitrogens with zero attached hydrogens (tertiary/aromatic N) is 1. The molecule has 1 aliphatic carbocycles. The predicted octanol–water partition coefficient (Wildman–Crippen LogP) is 2.86. The zero-order chi connectivity index (χ0) is 11.0. The normalized spacial score (nSPS) is 19.9. The van der Waals surface area contributed by atoms with Crippen molar-refractivity contribution in [2.75, 3.05) is 13.1 Å². The molecule has 0 bridgehead atoms. The number of likely N-dealkylation sites (tertiary alicyclic amines) is 1. The molecule has 2 aliphatic rings. The quantitative estimate of drug-likeness (QED) is 0.733. The lowest BCUT2D eigenvalue weighted by atomic mass is 9.94. The molecule has 1 aromatic rings. The van der Waals surface area contributed by atoms with Crippen molar-refractivity contribution in [1.82, 2.24) is 4.90 Å². The summed E-state index contributed by atoms with van der Waals surface area (Å²) in [5, 5.41) is 2.21. The molecular weight excluding hydrogens is 218 g/mol. The maximum absolute atomic E-state index is 12.3. The molecular formula is C13H17NOS. The van der Waals surface area contributed by atoms with E-state index in [1.165, 1.54) is 43.2 Å². The lowest BCUT2D eigenvalue weighted by molar-refractivity contribution is 0.0796. The molecule has 0 aromatic carbocycles. The Hall–Kier alpha value is -0.830. The minimum absolute atomic E-state index is 0.297. The third-order valence-electron chi connectivity index (χ3n) is 3.69. The van der Waals surface area contributed by atoms with Gasteiger partial charge in [-0.2, -0.15) is 0 Å². The van der Waals surface area contributed by atoms with E-state index in [2.05, 4.69) is 5.38 Å². The summed E-state index contributed by atoms with van der Waals surface area (Å²) in [5.74, 6) is 0.297. The highest BCUT2D eigenvalue weighted by molar-refractivity contribution is 7.12. The van der Waals surface area contributed by atoms with Crippen molar-refractivity contribution < 1.29 is 4.79 Å². The van der Waals surface area contributed by atoms with Gasteiger partial charge in [-0.3, -0.25) is 4.79 Å². The largest absolute Gasteiger partial charge is 0.338 e. The molecule has 1 amide bonds. The van der Waals surface area contributed by atoms with Crippen LogP contribution in [0.3, 0.4) is 0 Å². The molecule has 2 nitrogen and oxygen atoms in total. The fraction of sp³-hybridized carbons (Fsp3) is 0.615. The lowest BCUT2D eigenvalue weighted by Gasteiger charge is -2.17. The smallest absolute Gasteiger partial charge is 0.264 e. The Kier molecular flexibility index (Phi) is 2.72. The summed E-state index contributed by atoms with van der Waals surface area (Å²) >= 11 is 1.67. The Morgan fingerprint density at radius 2 is 1.88 bits per heavy atom. The molecule has 2 heterocycles. The average Bonchev–Trinajstić information content (AvgIpc) is 2.98. The van der Waals surface area contributed by atoms with Crippen LogP contribution in [0.4, 0.5) is 0 Å². The first kappa shape index (κ1) is 10.3. The van der Waals surface area contributed by atoms with Crippen LogP contribution in [0.15, 0.2) is 5.38 Å². The molecule has 0 saturated carbocycles. The van der Waals surface area contributed by atoms with Crippen LogP contribution < -0.4 is 0 Å². The Bertz CT molecular complexity index is 404. The number of rotatable bonds is 1. The van der Waals surface area contributed by atoms with Gasteiger partial charge in [-0.25, -0.2) is 0 Å². The third-order valence-corrected chi connectivity index (χ3v) is 4.75. The van der Waals surface area contributed by atoms with Crippen molar-refractivity contribution in [2.24, 2.45) is 0 Å². The van der Waals surface area contributed by atoms with E-state index in [0.717, 1.165) is 24.4 Å². The fourth-order valence-electron chi connectivity index (χ4n) is 2.76. The van der Waals surface area contributed by atoms with Gasteiger partial charge in [-0.05, 0) is 55.0 Å². The molecule has 0 atom stereocenters. The molecule has 1 aromatic heterocycles. The lowest BCUT2D eigenvalue weighted by Crippen LogP contribution is -2.27. The van der Waals surface area contributed by atoms with Crippen molar-refractivity contribution in [3.63, 3.8) is 0 Å². The summed E-state index contributed by atoms with van der Waals surface area (Å²) < 4.78 is 0. The maximum Gasteiger partial charge on any atom is 0.264 e. The van der Waals surface area contributed by atoms with Gasteiger partial charge in [0, 0.05) is 13.1 Å². The van der Waals surface area contributed by atoms with E-state index < -0.39 is 0 Å². The Morgan fingerprint density at radius 1 is 1.12 bits per heavy atom. The van der Waals surface area contributed by atoms with Crippen molar-refractivity contribution in [3.8, 4) is 0 Å². The number of aryl methyl sites for hydroxylation is 1. The Balaban J connectivity index is 1.88. The first-order valence-corrected chi connectivity index (χ1v) is 7.13. The molecule has 3 rings (SSSR count). The third kappa shape index (κ3) is 1.67. The van der Waals surface area contributed by atoms with E-state index in [-0.39, 0.29) is 0 Å². The minimum atomic E-state index is 0.297. The van der Waals surface area contributed by atoms with Crippen LogP contribution in [0.1, 0.15) is 46.5 Å². The van der Waals surface area contributed by atoms with E-state index >= 15 is 0 Å². The number of amides is 1. The molecule has 0 unspecified atom stereocenters. The van der Waals surface area contributed by atoms with Gasteiger partial charge < -0.3 is 4.90 Å². The number of thiophene rings is 1. The standard InChI is InChI=1S/C13H17NOS/c15-13(14-7-3-4-8-14)12-11-6-2-1-5-10(11)9-16-12/h9H,1-8H2. The van der Waals surface area contributed by atoms with Crippen LogP contribution in [0, 0.1) is 0 Å². The minimum Gasteiger partial charge on any atom is -0.338 e. The molecule has 3 heteroatoms. The predicted molar refractivity (Wildman–Crippen MR) is 66.1 cm³/mol. The summed E-state index contributed by atoms with van der Waals surface area (Å²) in [6, 6.07) is 0. The summed E-state index contributed by atoms with van der Waals surface area (Å²) in [5.41, 5.74) is 2.81. The highest BCUT2D eigenvalue weighted by Gasteiger charge is 2.25. The highest BCUT2D eigenvalue weighted by atomic mass is 32.1. The van der Waals surface area contributed by atoms with Gasteiger partial charge in [-0.1, -0.05) is 0 Å². The number of carbonyl (C=O) groups excluding carboxylic acids is 1. The summed E-state index contributed by atoms with van der Waals surface area (Å²) in [6.45, 7) is 1.93. The first-order valence-electron chi connectivity index (χ1n) is 6.25. The average molecular weight is 235 g/mol. The number of hydrogen-bond acceptors (Lipinski definition) is 2. The van der Waals surface area contributed by atoms with E-state index in [1.54, 1.807) is 11.3 Å². The van der Waals surface area contributed by atoms with Crippen LogP contribution in [0.2, 0.25) is 0 Å². The summed E-state index contributed by atoms with van der Waals surface area (Å²) in [6.07, 6.45) is 7.20. The van der Waals surface area contributed by atoms with E-state index in [1.807, 2.05) is 4.90 Å². The van der Waals surface area contributed by atoms with Gasteiger partial charge in [0.15, 0.2) is 0 Å². The monoisotopic (exact) mass is 235 g/mol. The second-order valence-electron chi connectivity index (χ2n) is 4.78. The molecule has 86 valence electrons. The second kappa shape index (κ2) is 4.21. The second-order valence-corrected chi connectivity index (χ2v) is 5.65. The van der Waals surface area contributed by atoms with Crippen molar-refractivity contribution >= 4 is 17.2 Å². The van der Waals surface area contributed by atoms with Gasteiger partial charge in [-0.15, -0.1) is 11.3 Å². The van der Waals surface area contributed by atoms with Crippen molar-refractivity contribution in [2.45, 2.75) is 38.5 Å². The van der Waals surface area contributed by atoms with Crippen molar-refractivity contribution in [3.05, 3.63) is 21.4 Å². The SMILES string of the molecule is O=C(c1scc2c1CCCC2)N1CCCC1. The molecule has 1 aliphatic heterocycles. The molecule has 1 fully saturated rings. The van der Waals surface area contributed by atoms with Crippen LogP contribution in [-0.2, 0) is 12.8 Å². The maximum atomic E-state index is 12.3. The van der Waals surface area contributed by atoms with E-state index in [9.17, 15) is 4.79 Å². The Labute approximate surface area is 100 Å². The number of hydrogen-bond donors (Lipinski definition) is 0. The van der Waals surface area contributed by atoms with Crippen LogP contribution in [0.25, 0.3) is 0 Å².